The van der Waals surface area contributed by atoms with E-state index in [0.29, 0.717) is 11.4 Å². The van der Waals surface area contributed by atoms with E-state index < -0.39 is 12.0 Å². The second-order valence-corrected chi connectivity index (χ2v) is 7.51. The number of hydrogen-bond acceptors (Lipinski definition) is 3. The maximum absolute atomic E-state index is 13.9. The van der Waals surface area contributed by atoms with E-state index in [0.717, 1.165) is 11.1 Å². The first-order valence-electron chi connectivity index (χ1n) is 9.94. The number of likely N-dealkylation sites (N-methyl/N-ethyl adjacent to an activating group) is 1. The van der Waals surface area contributed by atoms with E-state index >= 15 is 0 Å². The topological polar surface area (TPSA) is 49.9 Å². The minimum absolute atomic E-state index is 0.0836. The van der Waals surface area contributed by atoms with Gasteiger partial charge in [0.05, 0.1) is 18.2 Å². The van der Waals surface area contributed by atoms with Gasteiger partial charge in [0.1, 0.15) is 5.75 Å². The largest absolute Gasteiger partial charge is 0.476 e. The molecule has 0 spiro atoms. The molecule has 1 heterocycles. The van der Waals surface area contributed by atoms with Gasteiger partial charge in [0, 0.05) is 14.1 Å². The number of ether oxygens (including phenoxy) is 1. The number of fused-ring (bicyclic) bond motifs is 1. The number of amides is 2. The summed E-state index contributed by atoms with van der Waals surface area (Å²) >= 11 is 0. The third-order valence-corrected chi connectivity index (χ3v) is 5.27. The molecule has 1 aliphatic heterocycles. The zero-order chi connectivity index (χ0) is 21.1. The monoisotopic (exact) mass is 400 g/mol. The van der Waals surface area contributed by atoms with Crippen molar-refractivity contribution in [1.82, 2.24) is 4.90 Å². The lowest BCUT2D eigenvalue weighted by Crippen LogP contribution is -2.51. The Labute approximate surface area is 176 Å². The van der Waals surface area contributed by atoms with Crippen LogP contribution >= 0.6 is 0 Å². The molecule has 0 radical (unpaired) electrons. The van der Waals surface area contributed by atoms with Crippen LogP contribution in [-0.2, 0) is 9.59 Å². The fraction of sp³-hybridized carbons (Fsp3) is 0.200. The summed E-state index contributed by atoms with van der Waals surface area (Å²) in [5.74, 6) is -0.191. The molecule has 4 rings (SSSR count). The first-order chi connectivity index (χ1) is 14.6. The minimum Gasteiger partial charge on any atom is -0.476 e. The summed E-state index contributed by atoms with van der Waals surface area (Å²) in [6, 6.07) is 26.8. The van der Waals surface area contributed by atoms with E-state index in [1.807, 2.05) is 78.9 Å². The Morgan fingerprint density at radius 3 is 1.97 bits per heavy atom. The highest BCUT2D eigenvalue weighted by Crippen LogP contribution is 2.37. The molecular weight excluding hydrogens is 376 g/mol. The molecule has 1 atom stereocenters. The van der Waals surface area contributed by atoms with E-state index in [1.165, 1.54) is 4.90 Å². The van der Waals surface area contributed by atoms with Crippen LogP contribution in [0.25, 0.3) is 0 Å². The van der Waals surface area contributed by atoms with E-state index in [1.54, 1.807) is 25.1 Å². The second kappa shape index (κ2) is 8.41. The third kappa shape index (κ3) is 3.79. The normalized spacial score (nSPS) is 15.3. The van der Waals surface area contributed by atoms with Crippen molar-refractivity contribution in [1.29, 1.82) is 0 Å². The zero-order valence-electron chi connectivity index (χ0n) is 17.1. The molecule has 0 N–H and O–H groups in total. The zero-order valence-corrected chi connectivity index (χ0v) is 17.1. The van der Waals surface area contributed by atoms with Gasteiger partial charge in [0.2, 0.25) is 5.91 Å². The highest BCUT2D eigenvalue weighted by molar-refractivity contribution is 6.02. The van der Waals surface area contributed by atoms with E-state index in [2.05, 4.69) is 0 Å². The predicted molar refractivity (Wildman–Crippen MR) is 117 cm³/mol. The maximum atomic E-state index is 13.9. The summed E-state index contributed by atoms with van der Waals surface area (Å²) < 4.78 is 5.94. The summed E-state index contributed by atoms with van der Waals surface area (Å²) in [6.07, 6.45) is -0.744. The van der Waals surface area contributed by atoms with Gasteiger partial charge in [0.15, 0.2) is 6.10 Å². The minimum atomic E-state index is -0.744. The molecule has 0 bridgehead atoms. The van der Waals surface area contributed by atoms with Crippen LogP contribution in [0.15, 0.2) is 84.9 Å². The Hall–Kier alpha value is -3.60. The molecule has 0 aliphatic carbocycles. The Bertz CT molecular complexity index is 995. The van der Waals surface area contributed by atoms with Gasteiger partial charge in [-0.05, 0) is 23.3 Å². The van der Waals surface area contributed by atoms with Crippen molar-refractivity contribution in [2.75, 3.05) is 25.5 Å². The van der Waals surface area contributed by atoms with Gasteiger partial charge in [-0.2, -0.15) is 0 Å². The third-order valence-electron chi connectivity index (χ3n) is 5.27. The van der Waals surface area contributed by atoms with Crippen molar-refractivity contribution in [3.8, 4) is 5.75 Å². The van der Waals surface area contributed by atoms with Gasteiger partial charge in [-0.1, -0.05) is 72.8 Å². The van der Waals surface area contributed by atoms with Gasteiger partial charge < -0.3 is 14.5 Å². The summed E-state index contributed by atoms with van der Waals surface area (Å²) in [4.78, 5) is 29.8. The van der Waals surface area contributed by atoms with Crippen LogP contribution in [0.2, 0.25) is 0 Å². The molecule has 0 saturated carbocycles. The molecule has 152 valence electrons. The maximum Gasteiger partial charge on any atom is 0.265 e. The van der Waals surface area contributed by atoms with E-state index in [4.69, 9.17) is 4.74 Å². The Kier molecular flexibility index (Phi) is 5.53. The lowest BCUT2D eigenvalue weighted by Gasteiger charge is -2.37. The van der Waals surface area contributed by atoms with Crippen LogP contribution in [0.3, 0.4) is 0 Å². The second-order valence-electron chi connectivity index (χ2n) is 7.51. The van der Waals surface area contributed by atoms with E-state index in [-0.39, 0.29) is 18.4 Å². The molecule has 3 aromatic carbocycles. The van der Waals surface area contributed by atoms with Crippen LogP contribution < -0.4 is 9.64 Å². The number of carbonyl (C=O) groups excluding carboxylic acids is 2. The number of benzene rings is 3. The predicted octanol–water partition coefficient (Wildman–Crippen LogP) is 3.70. The smallest absolute Gasteiger partial charge is 0.265 e. The van der Waals surface area contributed by atoms with Gasteiger partial charge in [-0.25, -0.2) is 0 Å². The van der Waals surface area contributed by atoms with E-state index in [9.17, 15) is 9.59 Å². The SMILES string of the molecule is CN(C)C(=O)[C@H]1CN(C(=O)C(c2ccccc2)c2ccccc2)c2ccccc2O1. The summed E-state index contributed by atoms with van der Waals surface area (Å²) in [5, 5.41) is 0. The average Bonchev–Trinajstić information content (AvgIpc) is 2.79. The number of carbonyl (C=O) groups is 2. The number of anilines is 1. The lowest BCUT2D eigenvalue weighted by atomic mass is 9.89. The quantitative estimate of drug-likeness (QED) is 0.671. The Morgan fingerprint density at radius 2 is 1.40 bits per heavy atom. The lowest BCUT2D eigenvalue weighted by molar-refractivity contribution is -0.136. The first kappa shape index (κ1) is 19.7. The summed E-state index contributed by atoms with van der Waals surface area (Å²) in [7, 11) is 3.38. The van der Waals surface area contributed by atoms with Crippen molar-refractivity contribution in [3.05, 3.63) is 96.1 Å². The molecule has 3 aromatic rings. The van der Waals surface area contributed by atoms with Gasteiger partial charge >= 0.3 is 0 Å². The van der Waals surface area contributed by atoms with Crippen molar-refractivity contribution < 1.29 is 14.3 Å². The molecule has 5 nitrogen and oxygen atoms in total. The molecule has 0 saturated heterocycles. The standard InChI is InChI=1S/C25H24N2O3/c1-26(2)24(28)22-17-27(20-15-9-10-16-21(20)30-22)25(29)23(18-11-5-3-6-12-18)19-13-7-4-8-14-19/h3-16,22-23H,17H2,1-2H3/t22-/m1/s1. The number of rotatable bonds is 4. The van der Waals surface area contributed by atoms with Crippen LogP contribution in [0.5, 0.6) is 5.75 Å². The van der Waals surface area contributed by atoms with Crippen LogP contribution in [0.1, 0.15) is 17.0 Å². The summed E-state index contributed by atoms with van der Waals surface area (Å²) in [5.41, 5.74) is 2.50. The van der Waals surface area contributed by atoms with Crippen molar-refractivity contribution in [3.63, 3.8) is 0 Å². The van der Waals surface area contributed by atoms with Crippen molar-refractivity contribution in [2.24, 2.45) is 0 Å². The Morgan fingerprint density at radius 1 is 0.867 bits per heavy atom. The highest BCUT2D eigenvalue weighted by Gasteiger charge is 2.37. The van der Waals surface area contributed by atoms with Gasteiger partial charge in [-0.15, -0.1) is 0 Å². The van der Waals surface area contributed by atoms with Crippen LogP contribution in [0, 0.1) is 0 Å². The number of nitrogens with zero attached hydrogens (tertiary/aromatic N) is 2. The van der Waals surface area contributed by atoms with Crippen molar-refractivity contribution >= 4 is 17.5 Å². The summed E-state index contributed by atoms with van der Waals surface area (Å²) in [6.45, 7) is 0.170. The highest BCUT2D eigenvalue weighted by atomic mass is 16.5. The average molecular weight is 400 g/mol. The molecule has 0 aromatic heterocycles. The molecule has 0 fully saturated rings. The molecule has 30 heavy (non-hydrogen) atoms. The molecule has 1 aliphatic rings. The van der Waals surface area contributed by atoms with Crippen molar-refractivity contribution in [2.45, 2.75) is 12.0 Å². The van der Waals surface area contributed by atoms with Crippen LogP contribution in [-0.4, -0.2) is 43.5 Å². The fourth-order valence-electron chi connectivity index (χ4n) is 3.78. The molecule has 0 unspecified atom stereocenters. The van der Waals surface area contributed by atoms with Crippen LogP contribution in [0.4, 0.5) is 5.69 Å². The number of para-hydroxylation sites is 2. The van der Waals surface area contributed by atoms with Gasteiger partial charge in [-0.3, -0.25) is 9.59 Å². The molecular formula is C25H24N2O3. The van der Waals surface area contributed by atoms with Gasteiger partial charge in [0.25, 0.3) is 5.91 Å². The molecule has 2 amide bonds. The number of hydrogen-bond donors (Lipinski definition) is 0. The fourth-order valence-corrected chi connectivity index (χ4v) is 3.78. The molecule has 5 heteroatoms. The first-order valence-corrected chi connectivity index (χ1v) is 9.94. The Balaban J connectivity index is 1.78.